The van der Waals surface area contributed by atoms with Gasteiger partial charge in [-0.1, -0.05) is 19.8 Å². The largest absolute Gasteiger partial charge is 0.261 e. The Morgan fingerprint density at radius 1 is 1.22 bits per heavy atom. The van der Waals surface area contributed by atoms with Gasteiger partial charge in [-0.2, -0.15) is 9.78 Å². The minimum absolute atomic E-state index is 0.394. The highest BCUT2D eigenvalue weighted by Crippen LogP contribution is 2.21. The minimum atomic E-state index is -0.394. The quantitative estimate of drug-likeness (QED) is 0.656. The van der Waals surface area contributed by atoms with Gasteiger partial charge in [-0.15, -0.1) is 5.10 Å². The molecule has 0 amide bonds. The van der Waals surface area contributed by atoms with E-state index in [0.717, 1.165) is 37.3 Å². The first-order chi connectivity index (χ1) is 11.2. The molecule has 0 fully saturated rings. The second kappa shape index (κ2) is 6.68. The number of unbranched alkanes of at least 4 members (excludes halogenated alkanes) is 2. The molecule has 0 saturated carbocycles. The minimum Gasteiger partial charge on any atom is -0.261 e. The van der Waals surface area contributed by atoms with Crippen LogP contribution in [-0.4, -0.2) is 29.5 Å². The number of halogens is 1. The van der Waals surface area contributed by atoms with Crippen LogP contribution in [-0.2, 0) is 13.5 Å². The maximum absolute atomic E-state index is 13.5. The average molecular weight is 314 g/mol. The van der Waals surface area contributed by atoms with Crippen LogP contribution in [0.4, 0.5) is 4.39 Å². The third kappa shape index (κ3) is 3.28. The highest BCUT2D eigenvalue weighted by atomic mass is 19.1. The first kappa shape index (κ1) is 15.3. The second-order valence-electron chi connectivity index (χ2n) is 5.43. The number of hydrogen-bond acceptors (Lipinski definition) is 4. The molecule has 23 heavy (non-hydrogen) atoms. The van der Waals surface area contributed by atoms with E-state index in [1.807, 2.05) is 13.1 Å². The molecule has 3 aromatic heterocycles. The molecule has 3 heterocycles. The zero-order chi connectivity index (χ0) is 16.2. The summed E-state index contributed by atoms with van der Waals surface area (Å²) in [7, 11) is 1.83. The lowest BCUT2D eigenvalue weighted by Crippen LogP contribution is -2.06. The molecule has 0 unspecified atom stereocenters. The van der Waals surface area contributed by atoms with Gasteiger partial charge in [0.05, 0.1) is 12.4 Å². The summed E-state index contributed by atoms with van der Waals surface area (Å²) in [5.74, 6) is 1.71. The Hall–Kier alpha value is -2.57. The highest BCUT2D eigenvalue weighted by Gasteiger charge is 2.16. The zero-order valence-electron chi connectivity index (χ0n) is 13.3. The fraction of sp³-hybridized carbons (Fsp3) is 0.375. The van der Waals surface area contributed by atoms with Crippen LogP contribution in [0.15, 0.2) is 30.7 Å². The Kier molecular flexibility index (Phi) is 4.45. The fourth-order valence-corrected chi connectivity index (χ4v) is 2.45. The molecule has 3 aromatic rings. The van der Waals surface area contributed by atoms with E-state index >= 15 is 0 Å². The topological polar surface area (TPSA) is 61.4 Å². The average Bonchev–Trinajstić information content (AvgIpc) is 3.13. The molecule has 0 aliphatic rings. The number of nitrogens with zero attached hydrogens (tertiary/aromatic N) is 6. The van der Waals surface area contributed by atoms with Crippen molar-refractivity contribution in [2.75, 3.05) is 0 Å². The van der Waals surface area contributed by atoms with Gasteiger partial charge < -0.3 is 0 Å². The Morgan fingerprint density at radius 3 is 2.78 bits per heavy atom. The lowest BCUT2D eigenvalue weighted by atomic mass is 10.2. The maximum Gasteiger partial charge on any atom is 0.166 e. The lowest BCUT2D eigenvalue weighted by molar-refractivity contribution is 0.621. The predicted octanol–water partition coefficient (Wildman–Crippen LogP) is 2.93. The van der Waals surface area contributed by atoms with Crippen LogP contribution in [0.1, 0.15) is 32.0 Å². The first-order valence-corrected chi connectivity index (χ1v) is 7.74. The van der Waals surface area contributed by atoms with E-state index in [0.29, 0.717) is 11.4 Å². The van der Waals surface area contributed by atoms with Crippen LogP contribution in [0.25, 0.3) is 17.2 Å². The molecular weight excluding hydrogens is 295 g/mol. The summed E-state index contributed by atoms with van der Waals surface area (Å²) < 4.78 is 16.9. The van der Waals surface area contributed by atoms with Crippen LogP contribution in [0.3, 0.4) is 0 Å². The predicted molar refractivity (Wildman–Crippen MR) is 84.5 cm³/mol. The van der Waals surface area contributed by atoms with E-state index in [2.05, 4.69) is 27.1 Å². The van der Waals surface area contributed by atoms with Gasteiger partial charge in [0.15, 0.2) is 17.5 Å². The van der Waals surface area contributed by atoms with E-state index in [9.17, 15) is 4.39 Å². The molecular formula is C16H19FN6. The van der Waals surface area contributed by atoms with Crippen molar-refractivity contribution in [3.05, 3.63) is 42.4 Å². The molecule has 0 bridgehead atoms. The summed E-state index contributed by atoms with van der Waals surface area (Å²) in [6, 6.07) is 3.26. The molecule has 120 valence electrons. The third-order valence-electron chi connectivity index (χ3n) is 3.63. The fourth-order valence-electron chi connectivity index (χ4n) is 2.45. The van der Waals surface area contributed by atoms with Crippen molar-refractivity contribution in [1.29, 1.82) is 0 Å². The molecule has 0 aromatic carbocycles. The van der Waals surface area contributed by atoms with E-state index in [-0.39, 0.29) is 0 Å². The number of aromatic nitrogens is 6. The summed E-state index contributed by atoms with van der Waals surface area (Å²) >= 11 is 0. The van der Waals surface area contributed by atoms with E-state index < -0.39 is 5.82 Å². The normalized spacial score (nSPS) is 11.1. The summed E-state index contributed by atoms with van der Waals surface area (Å²) in [6.07, 6.45) is 8.58. The summed E-state index contributed by atoms with van der Waals surface area (Å²) in [4.78, 5) is 8.51. The van der Waals surface area contributed by atoms with Gasteiger partial charge in [0, 0.05) is 31.3 Å². The van der Waals surface area contributed by atoms with Crippen LogP contribution in [0.5, 0.6) is 0 Å². The van der Waals surface area contributed by atoms with Gasteiger partial charge in [0.1, 0.15) is 5.82 Å². The SMILES string of the molecule is CCCCCc1nc(-c2cncc(F)c2)n(-c2ccnn2C)n1. The molecule has 0 N–H and O–H groups in total. The number of aryl methyl sites for hydroxylation is 2. The Labute approximate surface area is 134 Å². The van der Waals surface area contributed by atoms with Crippen molar-refractivity contribution in [2.45, 2.75) is 32.6 Å². The smallest absolute Gasteiger partial charge is 0.166 e. The van der Waals surface area contributed by atoms with Crippen molar-refractivity contribution >= 4 is 0 Å². The van der Waals surface area contributed by atoms with Crippen molar-refractivity contribution < 1.29 is 4.39 Å². The van der Waals surface area contributed by atoms with E-state index in [1.165, 1.54) is 12.3 Å². The molecule has 0 saturated heterocycles. The maximum atomic E-state index is 13.5. The number of pyridine rings is 1. The molecule has 0 atom stereocenters. The highest BCUT2D eigenvalue weighted by molar-refractivity contribution is 5.56. The molecule has 0 radical (unpaired) electrons. The summed E-state index contributed by atoms with van der Waals surface area (Å²) in [5.41, 5.74) is 0.598. The van der Waals surface area contributed by atoms with E-state index in [4.69, 9.17) is 0 Å². The van der Waals surface area contributed by atoms with Crippen molar-refractivity contribution in [2.24, 2.45) is 7.05 Å². The Balaban J connectivity index is 2.03. The zero-order valence-corrected chi connectivity index (χ0v) is 13.3. The monoisotopic (exact) mass is 314 g/mol. The summed E-state index contributed by atoms with van der Waals surface area (Å²) in [6.45, 7) is 2.16. The van der Waals surface area contributed by atoms with Crippen LogP contribution < -0.4 is 0 Å². The second-order valence-corrected chi connectivity index (χ2v) is 5.43. The van der Waals surface area contributed by atoms with Gasteiger partial charge in [-0.3, -0.25) is 9.67 Å². The molecule has 3 rings (SSSR count). The molecule has 6 nitrogen and oxygen atoms in total. The lowest BCUT2D eigenvalue weighted by Gasteiger charge is -2.05. The number of hydrogen-bond donors (Lipinski definition) is 0. The van der Waals surface area contributed by atoms with Crippen molar-refractivity contribution in [3.8, 4) is 17.2 Å². The summed E-state index contributed by atoms with van der Waals surface area (Å²) in [5, 5.41) is 8.75. The Bertz CT molecular complexity index is 791. The first-order valence-electron chi connectivity index (χ1n) is 7.74. The molecule has 0 aliphatic carbocycles. The van der Waals surface area contributed by atoms with Gasteiger partial charge in [0.25, 0.3) is 0 Å². The van der Waals surface area contributed by atoms with Crippen LogP contribution in [0.2, 0.25) is 0 Å². The number of rotatable bonds is 6. The van der Waals surface area contributed by atoms with Crippen LogP contribution >= 0.6 is 0 Å². The van der Waals surface area contributed by atoms with Gasteiger partial charge in [-0.05, 0) is 12.5 Å². The van der Waals surface area contributed by atoms with Crippen molar-refractivity contribution in [1.82, 2.24) is 29.5 Å². The van der Waals surface area contributed by atoms with Crippen LogP contribution in [0, 0.1) is 5.82 Å². The Morgan fingerprint density at radius 2 is 2.09 bits per heavy atom. The van der Waals surface area contributed by atoms with Crippen molar-refractivity contribution in [3.63, 3.8) is 0 Å². The third-order valence-corrected chi connectivity index (χ3v) is 3.63. The molecule has 0 spiro atoms. The standard InChI is InChI=1S/C16H19FN6/c1-3-4-5-6-14-20-16(12-9-13(17)11-18-10-12)23(21-14)15-7-8-19-22(15)2/h7-11H,3-6H2,1-2H3. The van der Waals surface area contributed by atoms with E-state index in [1.54, 1.807) is 21.8 Å². The van der Waals surface area contributed by atoms with Gasteiger partial charge in [0.2, 0.25) is 0 Å². The van der Waals surface area contributed by atoms with Gasteiger partial charge in [-0.25, -0.2) is 9.37 Å². The molecule has 7 heteroatoms. The van der Waals surface area contributed by atoms with Gasteiger partial charge >= 0.3 is 0 Å². The molecule has 0 aliphatic heterocycles.